The summed E-state index contributed by atoms with van der Waals surface area (Å²) in [5.41, 5.74) is 0. The third-order valence-electron chi connectivity index (χ3n) is 0.161. The fraction of sp³-hybridized carbons (Fsp3) is 1.00. The van der Waals surface area contributed by atoms with Gasteiger partial charge in [-0.2, -0.15) is 8.78 Å². The highest BCUT2D eigenvalue weighted by molar-refractivity contribution is 5.75. The molecule has 5 heteroatoms. The van der Waals surface area contributed by atoms with Crippen molar-refractivity contribution in [3.63, 3.8) is 0 Å². The number of alkyl halides is 3. The quantitative estimate of drug-likeness (QED) is 0.477. The first-order valence-corrected chi connectivity index (χ1v) is 1.22. The van der Waals surface area contributed by atoms with Crippen LogP contribution in [0.5, 0.6) is 0 Å². The molecule has 0 saturated carbocycles. The molecule has 0 bridgehead atoms. The minimum atomic E-state index is -4.12. The van der Waals surface area contributed by atoms with Crippen LogP contribution in [0.3, 0.4) is 0 Å². The molecule has 41 valence electrons. The molecule has 0 fully saturated rings. The number of rotatable bonds is 1. The third kappa shape index (κ3) is 10.7. The van der Waals surface area contributed by atoms with Crippen molar-refractivity contribution in [3.8, 4) is 0 Å². The minimum Gasteiger partial charge on any atom is -0.334 e. The van der Waals surface area contributed by atoms with E-state index in [4.69, 9.17) is 5.11 Å². The van der Waals surface area contributed by atoms with Crippen LogP contribution >= 0.6 is 0 Å². The van der Waals surface area contributed by atoms with Crippen LogP contribution in [0.25, 0.3) is 0 Å². The summed E-state index contributed by atoms with van der Waals surface area (Å²) in [5, 5.41) is 7.12. The maximum absolute atomic E-state index is 10.6. The second kappa shape index (κ2) is 2.90. The molecule has 0 aliphatic rings. The monoisotopic (exact) mass is 111 g/mol. The first-order valence-electron chi connectivity index (χ1n) is 1.22. The van der Waals surface area contributed by atoms with Gasteiger partial charge >= 0.3 is 6.11 Å². The Bertz CT molecular complexity index is 42.7. The van der Waals surface area contributed by atoms with Gasteiger partial charge in [0.2, 0.25) is 0 Å². The zero-order chi connectivity index (χ0) is 5.21. The molecule has 0 aromatic carbocycles. The molecule has 0 saturated heterocycles. The standard InChI is InChI=1S/C2H3F3O.B/c3-1-2(4,5)6;/h6H,1H2;. The lowest BCUT2D eigenvalue weighted by atomic mass is 10.7. The maximum Gasteiger partial charge on any atom is 0.381 e. The highest BCUT2D eigenvalue weighted by Crippen LogP contribution is 2.06. The number of hydrogen-bond acceptors (Lipinski definition) is 1. The van der Waals surface area contributed by atoms with Crippen molar-refractivity contribution in [3.05, 3.63) is 0 Å². The maximum atomic E-state index is 10.6. The van der Waals surface area contributed by atoms with Gasteiger partial charge in [-0.1, -0.05) is 0 Å². The van der Waals surface area contributed by atoms with Crippen molar-refractivity contribution >= 4 is 8.41 Å². The Hall–Kier alpha value is -0.185. The Balaban J connectivity index is 0. The van der Waals surface area contributed by atoms with Crippen molar-refractivity contribution < 1.29 is 18.3 Å². The summed E-state index contributed by atoms with van der Waals surface area (Å²) in [7, 11) is 0. The highest BCUT2D eigenvalue weighted by Gasteiger charge is 2.22. The van der Waals surface area contributed by atoms with Crippen molar-refractivity contribution in [2.45, 2.75) is 6.11 Å². The largest absolute Gasteiger partial charge is 0.381 e. The van der Waals surface area contributed by atoms with Crippen LogP contribution in [-0.2, 0) is 0 Å². The fourth-order valence-corrected chi connectivity index (χ4v) is 0. The first kappa shape index (κ1) is 9.94. The van der Waals surface area contributed by atoms with E-state index in [0.717, 1.165) is 0 Å². The Morgan fingerprint density at radius 1 is 1.43 bits per heavy atom. The van der Waals surface area contributed by atoms with Gasteiger partial charge in [-0.25, -0.2) is 4.39 Å². The van der Waals surface area contributed by atoms with Crippen LogP contribution in [0.4, 0.5) is 13.2 Å². The molecule has 0 aliphatic heterocycles. The van der Waals surface area contributed by atoms with E-state index >= 15 is 0 Å². The molecule has 1 nitrogen and oxygen atoms in total. The number of hydrogen-bond donors (Lipinski definition) is 1. The van der Waals surface area contributed by atoms with E-state index in [0.29, 0.717) is 0 Å². The molecule has 0 aromatic rings. The fourth-order valence-electron chi connectivity index (χ4n) is 0. The molecular formula is C2H3BF3O. The predicted molar refractivity (Wildman–Crippen MR) is 18.9 cm³/mol. The molecule has 0 aromatic heterocycles. The average Bonchev–Trinajstić information content (AvgIpc) is 1.35. The molecular weight excluding hydrogens is 108 g/mol. The predicted octanol–water partition coefficient (Wildman–Crippen LogP) is 0.160. The van der Waals surface area contributed by atoms with Gasteiger partial charge in [0.25, 0.3) is 0 Å². The summed E-state index contributed by atoms with van der Waals surface area (Å²) >= 11 is 0. The molecule has 0 spiro atoms. The second-order valence-corrected chi connectivity index (χ2v) is 0.799. The van der Waals surface area contributed by atoms with Crippen LogP contribution in [-0.4, -0.2) is 26.3 Å². The molecule has 0 rings (SSSR count). The molecule has 0 atom stereocenters. The second-order valence-electron chi connectivity index (χ2n) is 0.799. The highest BCUT2D eigenvalue weighted by atomic mass is 19.3. The SMILES string of the molecule is OC(F)(F)CF.[B]. The van der Waals surface area contributed by atoms with Crippen molar-refractivity contribution in [2.24, 2.45) is 0 Å². The minimum absolute atomic E-state index is 0. The van der Waals surface area contributed by atoms with E-state index in [1.165, 1.54) is 0 Å². The molecule has 7 heavy (non-hydrogen) atoms. The smallest absolute Gasteiger partial charge is 0.334 e. The van der Waals surface area contributed by atoms with Gasteiger partial charge in [-0.15, -0.1) is 0 Å². The van der Waals surface area contributed by atoms with Gasteiger partial charge in [0.1, 0.15) is 0 Å². The Morgan fingerprint density at radius 2 is 1.57 bits per heavy atom. The Kier molecular flexibility index (Phi) is 4.12. The number of halogens is 3. The van der Waals surface area contributed by atoms with Crippen LogP contribution in [0.1, 0.15) is 0 Å². The van der Waals surface area contributed by atoms with Crippen LogP contribution in [0.2, 0.25) is 0 Å². The van der Waals surface area contributed by atoms with E-state index in [1.807, 2.05) is 0 Å². The van der Waals surface area contributed by atoms with Crippen molar-refractivity contribution in [2.75, 3.05) is 6.67 Å². The van der Waals surface area contributed by atoms with Crippen molar-refractivity contribution in [1.82, 2.24) is 0 Å². The molecule has 3 radical (unpaired) electrons. The summed E-state index contributed by atoms with van der Waals surface area (Å²) < 4.78 is 31.8. The lowest BCUT2D eigenvalue weighted by Crippen LogP contribution is -2.15. The van der Waals surface area contributed by atoms with Crippen molar-refractivity contribution in [1.29, 1.82) is 0 Å². The molecule has 0 heterocycles. The van der Waals surface area contributed by atoms with Gasteiger partial charge in [-0.3, -0.25) is 0 Å². The van der Waals surface area contributed by atoms with Gasteiger partial charge in [0, 0.05) is 8.41 Å². The van der Waals surface area contributed by atoms with E-state index in [1.54, 1.807) is 0 Å². The van der Waals surface area contributed by atoms with E-state index in [-0.39, 0.29) is 8.41 Å². The van der Waals surface area contributed by atoms with Crippen LogP contribution in [0, 0.1) is 0 Å². The van der Waals surface area contributed by atoms with E-state index < -0.39 is 12.8 Å². The molecule has 0 aliphatic carbocycles. The Morgan fingerprint density at radius 3 is 1.57 bits per heavy atom. The third-order valence-corrected chi connectivity index (χ3v) is 0.161. The summed E-state index contributed by atoms with van der Waals surface area (Å²) in [4.78, 5) is 0. The summed E-state index contributed by atoms with van der Waals surface area (Å²) in [6.07, 6.45) is -4.12. The summed E-state index contributed by atoms with van der Waals surface area (Å²) in [6, 6.07) is 0. The molecule has 0 amide bonds. The number of aliphatic hydroxyl groups is 1. The van der Waals surface area contributed by atoms with Crippen LogP contribution in [0.15, 0.2) is 0 Å². The molecule has 0 unspecified atom stereocenters. The normalized spacial score (nSPS) is 10.3. The first-order chi connectivity index (χ1) is 2.56. The average molecular weight is 111 g/mol. The van der Waals surface area contributed by atoms with Gasteiger partial charge < -0.3 is 5.11 Å². The summed E-state index contributed by atoms with van der Waals surface area (Å²) in [5.74, 6) is 0. The van der Waals surface area contributed by atoms with Gasteiger partial charge in [0.05, 0.1) is 0 Å². The zero-order valence-corrected chi connectivity index (χ0v) is 3.37. The Labute approximate surface area is 40.7 Å². The zero-order valence-electron chi connectivity index (χ0n) is 3.37. The van der Waals surface area contributed by atoms with E-state index in [9.17, 15) is 13.2 Å². The van der Waals surface area contributed by atoms with Crippen LogP contribution < -0.4 is 0 Å². The lowest BCUT2D eigenvalue weighted by molar-refractivity contribution is -0.208. The van der Waals surface area contributed by atoms with E-state index in [2.05, 4.69) is 0 Å². The topological polar surface area (TPSA) is 20.2 Å². The van der Waals surface area contributed by atoms with Gasteiger partial charge in [-0.05, 0) is 0 Å². The van der Waals surface area contributed by atoms with Gasteiger partial charge in [0.15, 0.2) is 6.67 Å². The lowest BCUT2D eigenvalue weighted by Gasteiger charge is -1.97. The summed E-state index contributed by atoms with van der Waals surface area (Å²) in [6.45, 7) is -2.01. The molecule has 1 N–H and O–H groups in total.